The first-order chi connectivity index (χ1) is 9.99. The first-order valence-electron chi connectivity index (χ1n) is 6.79. The van der Waals surface area contributed by atoms with Gasteiger partial charge in [-0.1, -0.05) is 0 Å². The number of nitrogens with zero attached hydrogens (tertiary/aromatic N) is 1. The normalized spacial score (nSPS) is 21.4. The van der Waals surface area contributed by atoms with Crippen molar-refractivity contribution in [2.24, 2.45) is 5.92 Å². The van der Waals surface area contributed by atoms with E-state index in [0.717, 1.165) is 16.6 Å². The number of halogens is 1. The summed E-state index contributed by atoms with van der Waals surface area (Å²) >= 11 is 5.09. The van der Waals surface area contributed by atoms with Crippen molar-refractivity contribution in [3.63, 3.8) is 0 Å². The second-order valence-corrected chi connectivity index (χ2v) is 7.66. The Morgan fingerprint density at radius 1 is 1.48 bits per heavy atom. The lowest BCUT2D eigenvalue weighted by atomic mass is 10.0. The lowest BCUT2D eigenvalue weighted by Gasteiger charge is -2.26. The minimum absolute atomic E-state index is 0.0210. The number of aryl methyl sites for hydroxylation is 1. The molecule has 1 fully saturated rings. The highest BCUT2D eigenvalue weighted by Crippen LogP contribution is 2.24. The Kier molecular flexibility index (Phi) is 5.78. The SMILES string of the molecule is CN(C(=O)CCCc1ccc(Br)s1)C1COCC1C(=O)O. The molecule has 116 valence electrons. The molecule has 2 atom stereocenters. The van der Waals surface area contributed by atoms with Crippen LogP contribution in [0, 0.1) is 5.92 Å². The molecule has 0 saturated carbocycles. The monoisotopic (exact) mass is 375 g/mol. The maximum atomic E-state index is 12.2. The Labute approximate surface area is 136 Å². The van der Waals surface area contributed by atoms with Crippen molar-refractivity contribution in [3.8, 4) is 0 Å². The predicted octanol–water partition coefficient (Wildman–Crippen LogP) is 2.39. The van der Waals surface area contributed by atoms with Gasteiger partial charge in [0.05, 0.1) is 23.0 Å². The third-order valence-corrected chi connectivity index (χ3v) is 5.38. The third kappa shape index (κ3) is 4.28. The van der Waals surface area contributed by atoms with Gasteiger partial charge in [0.2, 0.25) is 5.91 Å². The topological polar surface area (TPSA) is 66.8 Å². The van der Waals surface area contributed by atoms with Crippen LogP contribution in [0.2, 0.25) is 0 Å². The van der Waals surface area contributed by atoms with Gasteiger partial charge < -0.3 is 14.7 Å². The fourth-order valence-electron chi connectivity index (χ4n) is 2.42. The van der Waals surface area contributed by atoms with Gasteiger partial charge >= 0.3 is 5.97 Å². The molecule has 5 nitrogen and oxygen atoms in total. The van der Waals surface area contributed by atoms with Gasteiger partial charge in [0.15, 0.2) is 0 Å². The third-order valence-electron chi connectivity index (χ3n) is 3.70. The number of hydrogen-bond donors (Lipinski definition) is 1. The van der Waals surface area contributed by atoms with Crippen molar-refractivity contribution in [2.45, 2.75) is 25.3 Å². The quantitative estimate of drug-likeness (QED) is 0.828. The number of thiophene rings is 1. The van der Waals surface area contributed by atoms with Crippen LogP contribution in [0.25, 0.3) is 0 Å². The minimum atomic E-state index is -0.902. The number of aliphatic carboxylic acids is 1. The molecule has 0 aliphatic carbocycles. The molecule has 1 saturated heterocycles. The molecule has 1 aliphatic rings. The summed E-state index contributed by atoms with van der Waals surface area (Å²) in [4.78, 5) is 26.1. The molecule has 1 N–H and O–H groups in total. The van der Waals surface area contributed by atoms with E-state index in [1.807, 2.05) is 12.1 Å². The Hall–Kier alpha value is -0.920. The molecule has 0 spiro atoms. The Bertz CT molecular complexity index is 519. The van der Waals surface area contributed by atoms with E-state index in [1.165, 1.54) is 9.78 Å². The Morgan fingerprint density at radius 3 is 2.86 bits per heavy atom. The highest BCUT2D eigenvalue weighted by Gasteiger charge is 2.38. The van der Waals surface area contributed by atoms with Gasteiger partial charge in [-0.05, 0) is 40.9 Å². The Morgan fingerprint density at radius 2 is 2.24 bits per heavy atom. The molecule has 1 aliphatic heterocycles. The molecule has 21 heavy (non-hydrogen) atoms. The van der Waals surface area contributed by atoms with E-state index in [2.05, 4.69) is 15.9 Å². The number of carboxylic acids is 1. The van der Waals surface area contributed by atoms with E-state index in [9.17, 15) is 9.59 Å². The number of carbonyl (C=O) groups excluding carboxylic acids is 1. The van der Waals surface area contributed by atoms with E-state index < -0.39 is 11.9 Å². The molecular formula is C14H18BrNO4S. The van der Waals surface area contributed by atoms with Crippen molar-refractivity contribution in [1.29, 1.82) is 0 Å². The van der Waals surface area contributed by atoms with Crippen molar-refractivity contribution < 1.29 is 19.4 Å². The molecule has 1 amide bonds. The van der Waals surface area contributed by atoms with Gasteiger partial charge in [-0.3, -0.25) is 9.59 Å². The van der Waals surface area contributed by atoms with Crippen LogP contribution in [-0.2, 0) is 20.7 Å². The van der Waals surface area contributed by atoms with Gasteiger partial charge in [0.1, 0.15) is 5.92 Å². The zero-order valence-electron chi connectivity index (χ0n) is 11.8. The highest BCUT2D eigenvalue weighted by atomic mass is 79.9. The van der Waals surface area contributed by atoms with Crippen molar-refractivity contribution in [3.05, 3.63) is 20.8 Å². The molecule has 1 aromatic rings. The minimum Gasteiger partial charge on any atom is -0.481 e. The first-order valence-corrected chi connectivity index (χ1v) is 8.40. The van der Waals surface area contributed by atoms with Gasteiger partial charge in [-0.2, -0.15) is 0 Å². The largest absolute Gasteiger partial charge is 0.481 e. The number of carboxylic acid groups (broad SMARTS) is 1. The maximum Gasteiger partial charge on any atom is 0.311 e. The standard InChI is InChI=1S/C14H18BrNO4S/c1-16(11-8-20-7-10(11)14(18)19)13(17)4-2-3-9-5-6-12(15)21-9/h5-6,10-11H,2-4,7-8H2,1H3,(H,18,19). The summed E-state index contributed by atoms with van der Waals surface area (Å²) in [6.07, 6.45) is 2.05. The molecule has 2 unspecified atom stereocenters. The lowest BCUT2D eigenvalue weighted by Crippen LogP contribution is -2.44. The first kappa shape index (κ1) is 16.5. The number of hydrogen-bond acceptors (Lipinski definition) is 4. The fraction of sp³-hybridized carbons (Fsp3) is 0.571. The molecule has 2 heterocycles. The van der Waals surface area contributed by atoms with Gasteiger partial charge in [0, 0.05) is 18.3 Å². The van der Waals surface area contributed by atoms with Crippen molar-refractivity contribution in [2.75, 3.05) is 20.3 Å². The van der Waals surface area contributed by atoms with Gasteiger partial charge in [-0.15, -0.1) is 11.3 Å². The average molecular weight is 376 g/mol. The second-order valence-electron chi connectivity index (χ2n) is 5.11. The predicted molar refractivity (Wildman–Crippen MR) is 83.5 cm³/mol. The zero-order chi connectivity index (χ0) is 15.4. The van der Waals surface area contributed by atoms with E-state index in [0.29, 0.717) is 13.0 Å². The second kappa shape index (κ2) is 7.38. The number of ether oxygens (including phenoxy) is 1. The zero-order valence-corrected chi connectivity index (χ0v) is 14.2. The van der Waals surface area contributed by atoms with E-state index >= 15 is 0 Å². The van der Waals surface area contributed by atoms with Crippen LogP contribution in [0.15, 0.2) is 15.9 Å². The number of carbonyl (C=O) groups is 2. The van der Waals surface area contributed by atoms with Crippen LogP contribution in [0.5, 0.6) is 0 Å². The summed E-state index contributed by atoms with van der Waals surface area (Å²) in [5.41, 5.74) is 0. The van der Waals surface area contributed by atoms with Gasteiger partial charge in [-0.25, -0.2) is 0 Å². The summed E-state index contributed by atoms with van der Waals surface area (Å²) in [6, 6.07) is 3.70. The fourth-order valence-corrected chi connectivity index (χ4v) is 3.95. The summed E-state index contributed by atoms with van der Waals surface area (Å²) in [5.74, 6) is -1.54. The molecule has 0 radical (unpaired) electrons. The average Bonchev–Trinajstić information content (AvgIpc) is 3.06. The van der Waals surface area contributed by atoms with Crippen LogP contribution >= 0.6 is 27.3 Å². The van der Waals surface area contributed by atoms with E-state index in [-0.39, 0.29) is 18.6 Å². The highest BCUT2D eigenvalue weighted by molar-refractivity contribution is 9.11. The lowest BCUT2D eigenvalue weighted by molar-refractivity contribution is -0.144. The van der Waals surface area contributed by atoms with Crippen LogP contribution in [0.3, 0.4) is 0 Å². The van der Waals surface area contributed by atoms with Crippen LogP contribution < -0.4 is 0 Å². The number of amides is 1. The van der Waals surface area contributed by atoms with Crippen LogP contribution in [0.4, 0.5) is 0 Å². The summed E-state index contributed by atoms with van der Waals surface area (Å²) < 4.78 is 6.29. The maximum absolute atomic E-state index is 12.2. The summed E-state index contributed by atoms with van der Waals surface area (Å²) in [5, 5.41) is 9.12. The molecule has 2 rings (SSSR count). The van der Waals surface area contributed by atoms with E-state index in [4.69, 9.17) is 9.84 Å². The van der Waals surface area contributed by atoms with Gasteiger partial charge in [0.25, 0.3) is 0 Å². The van der Waals surface area contributed by atoms with Crippen molar-refractivity contribution in [1.82, 2.24) is 4.90 Å². The number of likely N-dealkylation sites (N-methyl/N-ethyl adjacent to an activating group) is 1. The molecular weight excluding hydrogens is 358 g/mol. The summed E-state index contributed by atoms with van der Waals surface area (Å²) in [7, 11) is 1.67. The number of rotatable bonds is 6. The van der Waals surface area contributed by atoms with Crippen LogP contribution in [-0.4, -0.2) is 48.2 Å². The van der Waals surface area contributed by atoms with E-state index in [1.54, 1.807) is 18.4 Å². The molecule has 1 aromatic heterocycles. The molecule has 0 aromatic carbocycles. The Balaban J connectivity index is 1.81. The molecule has 0 bridgehead atoms. The van der Waals surface area contributed by atoms with Crippen molar-refractivity contribution >= 4 is 39.1 Å². The smallest absolute Gasteiger partial charge is 0.311 e. The molecule has 7 heteroatoms. The van der Waals surface area contributed by atoms with Crippen LogP contribution in [0.1, 0.15) is 17.7 Å². The summed E-state index contributed by atoms with van der Waals surface area (Å²) in [6.45, 7) is 0.484.